The van der Waals surface area contributed by atoms with E-state index in [1.54, 1.807) is 52.8 Å². The molecule has 0 saturated heterocycles. The van der Waals surface area contributed by atoms with Crippen LogP contribution >= 0.6 is 0 Å². The quantitative estimate of drug-likeness (QED) is 0.311. The standard InChI is InChI=1S/C29H47N3O7/c1-10-20(6)32(27(36)22(17-18(3)4)31-28(37)39-29(7,8)9)24(21-14-12-13-19(5)25(21)34)26(35)30-16-15-23(33)38-11-2/h12-14,18,20,22,24,34H,10-11,15-17H2,1-9H3,(H,30,35)(H,31,37). The van der Waals surface area contributed by atoms with E-state index in [0.717, 1.165) is 0 Å². The zero-order valence-electron chi connectivity index (χ0n) is 24.9. The third kappa shape index (κ3) is 10.8. The lowest BCUT2D eigenvalue weighted by Crippen LogP contribution is -2.55. The summed E-state index contributed by atoms with van der Waals surface area (Å²) >= 11 is 0. The van der Waals surface area contributed by atoms with E-state index in [1.807, 2.05) is 27.7 Å². The average molecular weight is 550 g/mol. The molecule has 0 fully saturated rings. The van der Waals surface area contributed by atoms with Crippen molar-refractivity contribution in [3.63, 3.8) is 0 Å². The van der Waals surface area contributed by atoms with Gasteiger partial charge >= 0.3 is 12.1 Å². The Bertz CT molecular complexity index is 988. The lowest BCUT2D eigenvalue weighted by Gasteiger charge is -2.38. The third-order valence-electron chi connectivity index (χ3n) is 6.04. The Morgan fingerprint density at radius 3 is 2.26 bits per heavy atom. The molecular formula is C29H47N3O7. The molecule has 3 unspecified atom stereocenters. The fourth-order valence-corrected chi connectivity index (χ4v) is 4.06. The predicted octanol–water partition coefficient (Wildman–Crippen LogP) is 4.38. The molecule has 220 valence electrons. The first-order valence-corrected chi connectivity index (χ1v) is 13.7. The molecular weight excluding hydrogens is 502 g/mol. The zero-order chi connectivity index (χ0) is 29.9. The van der Waals surface area contributed by atoms with Crippen LogP contribution in [0.1, 0.15) is 91.8 Å². The molecule has 0 bridgehead atoms. The molecule has 1 rings (SSSR count). The minimum atomic E-state index is -1.22. The number of phenols is 1. The lowest BCUT2D eigenvalue weighted by atomic mass is 9.95. The van der Waals surface area contributed by atoms with Crippen molar-refractivity contribution in [3.8, 4) is 5.75 Å². The minimum Gasteiger partial charge on any atom is -0.507 e. The highest BCUT2D eigenvalue weighted by atomic mass is 16.6. The molecule has 0 aromatic heterocycles. The van der Waals surface area contributed by atoms with Crippen LogP contribution in [0.15, 0.2) is 18.2 Å². The van der Waals surface area contributed by atoms with Gasteiger partial charge in [-0.25, -0.2) is 4.79 Å². The maximum absolute atomic E-state index is 14.2. The zero-order valence-corrected chi connectivity index (χ0v) is 24.9. The van der Waals surface area contributed by atoms with Gasteiger partial charge in [0.25, 0.3) is 0 Å². The summed E-state index contributed by atoms with van der Waals surface area (Å²) in [6, 6.07) is 2.37. The number of hydrogen-bond donors (Lipinski definition) is 3. The number of carbonyl (C=O) groups excluding carboxylic acids is 4. The van der Waals surface area contributed by atoms with Crippen molar-refractivity contribution in [2.75, 3.05) is 13.2 Å². The number of esters is 1. The SMILES string of the molecule is CCOC(=O)CCNC(=O)C(c1cccc(C)c1O)N(C(=O)C(CC(C)C)NC(=O)OC(C)(C)C)C(C)CC. The van der Waals surface area contributed by atoms with E-state index in [9.17, 15) is 24.3 Å². The number of amides is 3. The van der Waals surface area contributed by atoms with Crippen molar-refractivity contribution < 1.29 is 33.8 Å². The number of para-hydroxylation sites is 1. The number of nitrogens with zero attached hydrogens (tertiary/aromatic N) is 1. The number of nitrogens with one attached hydrogen (secondary N) is 2. The van der Waals surface area contributed by atoms with Gasteiger partial charge in [0.1, 0.15) is 23.4 Å². The summed E-state index contributed by atoms with van der Waals surface area (Å²) in [7, 11) is 0. The number of ether oxygens (including phenoxy) is 2. The predicted molar refractivity (Wildman–Crippen MR) is 149 cm³/mol. The Labute approximate surface area is 232 Å². The van der Waals surface area contributed by atoms with E-state index < -0.39 is 47.6 Å². The van der Waals surface area contributed by atoms with Crippen molar-refractivity contribution >= 4 is 23.9 Å². The van der Waals surface area contributed by atoms with E-state index >= 15 is 0 Å². The molecule has 0 aliphatic heterocycles. The summed E-state index contributed by atoms with van der Waals surface area (Å²) in [6.07, 6.45) is 0.0345. The van der Waals surface area contributed by atoms with Crippen molar-refractivity contribution in [3.05, 3.63) is 29.3 Å². The smallest absolute Gasteiger partial charge is 0.408 e. The van der Waals surface area contributed by atoms with Crippen LogP contribution < -0.4 is 10.6 Å². The molecule has 10 heteroatoms. The van der Waals surface area contributed by atoms with Crippen LogP contribution in [0.25, 0.3) is 0 Å². The summed E-state index contributed by atoms with van der Waals surface area (Å²) in [5.74, 6) is -1.56. The van der Waals surface area contributed by atoms with Crippen LogP contribution in [-0.4, -0.2) is 64.7 Å². The summed E-state index contributed by atoms with van der Waals surface area (Å²) < 4.78 is 10.3. The third-order valence-corrected chi connectivity index (χ3v) is 6.04. The average Bonchev–Trinajstić information content (AvgIpc) is 2.82. The number of benzene rings is 1. The number of aryl methyl sites for hydroxylation is 1. The number of aromatic hydroxyl groups is 1. The Morgan fingerprint density at radius 1 is 1.08 bits per heavy atom. The highest BCUT2D eigenvalue weighted by Gasteiger charge is 2.39. The molecule has 1 aromatic rings. The van der Waals surface area contributed by atoms with Crippen LogP contribution in [0.3, 0.4) is 0 Å². The van der Waals surface area contributed by atoms with E-state index in [-0.39, 0.29) is 36.8 Å². The first kappa shape index (κ1) is 33.7. The van der Waals surface area contributed by atoms with Crippen molar-refractivity contribution in [2.45, 2.75) is 105 Å². The Kier molecular flexibility index (Phi) is 13.3. The summed E-state index contributed by atoms with van der Waals surface area (Å²) in [4.78, 5) is 53.8. The maximum atomic E-state index is 14.2. The van der Waals surface area contributed by atoms with E-state index in [1.165, 1.54) is 4.90 Å². The van der Waals surface area contributed by atoms with Crippen LogP contribution in [0.5, 0.6) is 5.75 Å². The van der Waals surface area contributed by atoms with Crippen molar-refractivity contribution in [2.24, 2.45) is 5.92 Å². The highest BCUT2D eigenvalue weighted by molar-refractivity contribution is 5.93. The van der Waals surface area contributed by atoms with Gasteiger partial charge in [0.2, 0.25) is 11.8 Å². The summed E-state index contributed by atoms with van der Waals surface area (Å²) in [6.45, 7) is 16.4. The molecule has 0 saturated carbocycles. The molecule has 0 heterocycles. The molecule has 39 heavy (non-hydrogen) atoms. The van der Waals surface area contributed by atoms with Crippen LogP contribution in [0.2, 0.25) is 0 Å². The Hall–Kier alpha value is -3.30. The van der Waals surface area contributed by atoms with Gasteiger partial charge in [0, 0.05) is 18.2 Å². The lowest BCUT2D eigenvalue weighted by molar-refractivity contribution is -0.146. The van der Waals surface area contributed by atoms with Crippen LogP contribution in [0.4, 0.5) is 4.79 Å². The molecule has 0 radical (unpaired) electrons. The number of alkyl carbamates (subject to hydrolysis) is 1. The van der Waals surface area contributed by atoms with Crippen LogP contribution in [-0.2, 0) is 23.9 Å². The monoisotopic (exact) mass is 549 g/mol. The van der Waals surface area contributed by atoms with Gasteiger partial charge in [-0.3, -0.25) is 14.4 Å². The minimum absolute atomic E-state index is 0.00510. The molecule has 3 N–H and O–H groups in total. The molecule has 3 amide bonds. The number of rotatable bonds is 13. The second-order valence-corrected chi connectivity index (χ2v) is 11.1. The van der Waals surface area contributed by atoms with Gasteiger partial charge in [0.15, 0.2) is 0 Å². The van der Waals surface area contributed by atoms with Gasteiger partial charge in [-0.05, 0) is 65.9 Å². The van der Waals surface area contributed by atoms with Gasteiger partial charge < -0.3 is 30.1 Å². The molecule has 0 aliphatic rings. The summed E-state index contributed by atoms with van der Waals surface area (Å²) in [5.41, 5.74) is 0.0255. The van der Waals surface area contributed by atoms with E-state index in [2.05, 4.69) is 10.6 Å². The number of carbonyl (C=O) groups is 4. The van der Waals surface area contributed by atoms with Gasteiger partial charge in [-0.2, -0.15) is 0 Å². The largest absolute Gasteiger partial charge is 0.507 e. The topological polar surface area (TPSA) is 134 Å². The van der Waals surface area contributed by atoms with Crippen molar-refractivity contribution in [1.82, 2.24) is 15.5 Å². The van der Waals surface area contributed by atoms with Crippen molar-refractivity contribution in [1.29, 1.82) is 0 Å². The number of phenolic OH excluding ortho intramolecular Hbond substituents is 1. The Balaban J connectivity index is 3.54. The second kappa shape index (κ2) is 15.3. The fraction of sp³-hybridized carbons (Fsp3) is 0.655. The van der Waals surface area contributed by atoms with Gasteiger partial charge in [-0.15, -0.1) is 0 Å². The first-order valence-electron chi connectivity index (χ1n) is 13.7. The molecule has 0 spiro atoms. The van der Waals surface area contributed by atoms with E-state index in [4.69, 9.17) is 9.47 Å². The maximum Gasteiger partial charge on any atom is 0.408 e. The first-order chi connectivity index (χ1) is 18.1. The van der Waals surface area contributed by atoms with Gasteiger partial charge in [0.05, 0.1) is 13.0 Å². The fourth-order valence-electron chi connectivity index (χ4n) is 4.06. The molecule has 10 nitrogen and oxygen atoms in total. The van der Waals surface area contributed by atoms with Gasteiger partial charge in [-0.1, -0.05) is 39.0 Å². The highest BCUT2D eigenvalue weighted by Crippen LogP contribution is 2.34. The second-order valence-electron chi connectivity index (χ2n) is 11.1. The van der Waals surface area contributed by atoms with E-state index in [0.29, 0.717) is 18.4 Å². The number of hydrogen-bond acceptors (Lipinski definition) is 7. The summed E-state index contributed by atoms with van der Waals surface area (Å²) in [5, 5.41) is 16.4. The normalized spacial score (nSPS) is 13.7. The Morgan fingerprint density at radius 2 is 1.72 bits per heavy atom. The molecule has 1 aromatic carbocycles. The molecule has 3 atom stereocenters. The molecule has 0 aliphatic carbocycles. The van der Waals surface area contributed by atoms with Crippen LogP contribution in [0, 0.1) is 12.8 Å².